The Morgan fingerprint density at radius 1 is 0.667 bits per heavy atom. The van der Waals surface area contributed by atoms with Crippen LogP contribution in [0.25, 0.3) is 11.1 Å². The zero-order valence-corrected chi connectivity index (χ0v) is 46.8. The smallest absolute Gasteiger partial charge is 0.407 e. The van der Waals surface area contributed by atoms with E-state index in [0.29, 0.717) is 24.2 Å². The lowest BCUT2D eigenvalue weighted by atomic mass is 9.98. The highest BCUT2D eigenvalue weighted by molar-refractivity contribution is 5.96. The summed E-state index contributed by atoms with van der Waals surface area (Å²) in [5.41, 5.74) is 9.44. The highest BCUT2D eigenvalue weighted by atomic mass is 16.6. The van der Waals surface area contributed by atoms with E-state index < -0.39 is 102 Å². The summed E-state index contributed by atoms with van der Waals surface area (Å²) in [5.74, 6) is -5.38. The van der Waals surface area contributed by atoms with Gasteiger partial charge in [0, 0.05) is 31.8 Å². The van der Waals surface area contributed by atoms with Gasteiger partial charge in [-0.3, -0.25) is 28.8 Å². The fraction of sp³-hybridized carbons (Fsp3) is 0.450. The first-order valence-corrected chi connectivity index (χ1v) is 27.3. The standard InChI is InChI=1S/C60H76N8O13/c1-59(2,3)80-39-27-24-38(25-28-39)34-48(56(75)76)66-53(72)46(29-26-37-16-8-7-9-17-37)64-50(69)35-63-52(71)45(22-14-32-62-57(61)77)65-54(73)49-23-15-33-68(49)55(74)47(30-31-51(70)81-60(4,5)6)67-58(78)79-36-44-42-20-12-10-18-40(42)41-19-11-13-21-43(41)44/h7-13,16-21,24-25,27-28,44-49H,14-15,22-23,26,29-36H2,1-6H3,(H,63,71)(H,64,69)(H,65,73)(H,66,72)(H,67,78)(H,75,76)(H3,61,62,77)/t45-,46-,47-,48-,49-/m0/s1. The van der Waals surface area contributed by atoms with Crippen LogP contribution >= 0.6 is 0 Å². The van der Waals surface area contributed by atoms with Gasteiger partial charge < -0.3 is 61.9 Å². The van der Waals surface area contributed by atoms with Crippen molar-refractivity contribution in [3.05, 3.63) is 125 Å². The molecule has 0 bridgehead atoms. The molecule has 21 nitrogen and oxygen atoms in total. The number of alkyl carbamates (subject to hydrolysis) is 1. The normalized spacial score (nSPS) is 15.3. The number of rotatable bonds is 26. The van der Waals surface area contributed by atoms with E-state index in [1.165, 1.54) is 4.90 Å². The maximum atomic E-state index is 14.5. The minimum Gasteiger partial charge on any atom is -0.488 e. The number of nitrogens with two attached hydrogens (primary N) is 1. The van der Waals surface area contributed by atoms with Crippen LogP contribution < -0.4 is 42.4 Å². The van der Waals surface area contributed by atoms with Gasteiger partial charge in [0.25, 0.3) is 0 Å². The number of hydrogen-bond acceptors (Lipinski definition) is 12. The van der Waals surface area contributed by atoms with Gasteiger partial charge in [0.05, 0.1) is 6.54 Å². The van der Waals surface area contributed by atoms with Gasteiger partial charge >= 0.3 is 24.1 Å². The molecule has 6 rings (SSSR count). The van der Waals surface area contributed by atoms with Gasteiger partial charge in [-0.25, -0.2) is 14.4 Å². The molecule has 2 aliphatic rings. The molecule has 21 heteroatoms. The summed E-state index contributed by atoms with van der Waals surface area (Å²) in [6.07, 6.45) is -0.437. The highest BCUT2D eigenvalue weighted by Gasteiger charge is 2.40. The minimum absolute atomic E-state index is 0.0246. The number of primary amides is 1. The monoisotopic (exact) mass is 1120 g/mol. The number of hydrogen-bond donors (Lipinski definition) is 8. The lowest BCUT2D eigenvalue weighted by Crippen LogP contribution is -2.57. The van der Waals surface area contributed by atoms with E-state index >= 15 is 0 Å². The number of carbonyl (C=O) groups excluding carboxylic acids is 8. The molecule has 1 aliphatic carbocycles. The van der Waals surface area contributed by atoms with Crippen molar-refractivity contribution >= 4 is 53.6 Å². The number of carboxylic acids is 1. The molecule has 9 N–H and O–H groups in total. The number of fused-ring (bicyclic) bond motifs is 3. The predicted octanol–water partition coefficient (Wildman–Crippen LogP) is 5.16. The zero-order valence-electron chi connectivity index (χ0n) is 46.8. The second kappa shape index (κ2) is 28.6. The number of amides is 8. The van der Waals surface area contributed by atoms with Gasteiger partial charge in [0.1, 0.15) is 53.8 Å². The van der Waals surface area contributed by atoms with Crippen LogP contribution in [-0.2, 0) is 55.9 Å². The predicted molar refractivity (Wildman–Crippen MR) is 300 cm³/mol. The molecule has 434 valence electrons. The van der Waals surface area contributed by atoms with Crippen molar-refractivity contribution in [2.24, 2.45) is 5.73 Å². The largest absolute Gasteiger partial charge is 0.488 e. The number of benzene rings is 4. The Kier molecular flexibility index (Phi) is 21.8. The van der Waals surface area contributed by atoms with E-state index in [-0.39, 0.29) is 70.6 Å². The number of urea groups is 1. The third-order valence-electron chi connectivity index (χ3n) is 13.5. The Hall–Kier alpha value is -8.49. The third-order valence-corrected chi connectivity index (χ3v) is 13.5. The second-order valence-electron chi connectivity index (χ2n) is 22.2. The maximum Gasteiger partial charge on any atom is 0.407 e. The molecule has 1 saturated heterocycles. The van der Waals surface area contributed by atoms with Gasteiger partial charge in [-0.05, 0) is 132 Å². The van der Waals surface area contributed by atoms with E-state index in [9.17, 15) is 48.3 Å². The molecule has 0 spiro atoms. The lowest BCUT2D eigenvalue weighted by molar-refractivity contribution is -0.155. The molecule has 1 fully saturated rings. The van der Waals surface area contributed by atoms with Gasteiger partial charge in [-0.1, -0.05) is 91.0 Å². The van der Waals surface area contributed by atoms with Gasteiger partial charge in [0.2, 0.25) is 29.5 Å². The van der Waals surface area contributed by atoms with Crippen molar-refractivity contribution in [1.82, 2.24) is 36.8 Å². The minimum atomic E-state index is -1.37. The SMILES string of the molecule is CC(C)(C)OC(=O)CC[C@H](NC(=O)OCC1c2ccccc2-c2ccccc21)C(=O)N1CCC[C@H]1C(=O)N[C@@H](CCCNC(N)=O)C(=O)NCC(=O)N[C@@H](CCc1ccccc1)C(=O)N[C@@H](Cc1ccc(OC(C)(C)C)cc1)C(=O)O. The number of nitrogens with one attached hydrogen (secondary N) is 6. The Morgan fingerprint density at radius 3 is 1.91 bits per heavy atom. The first kappa shape index (κ1) is 61.7. The van der Waals surface area contributed by atoms with Crippen molar-refractivity contribution in [2.45, 2.75) is 147 Å². The summed E-state index contributed by atoms with van der Waals surface area (Å²) in [6, 6.07) is 24.4. The Morgan fingerprint density at radius 2 is 1.30 bits per heavy atom. The highest BCUT2D eigenvalue weighted by Crippen LogP contribution is 2.44. The van der Waals surface area contributed by atoms with Crippen LogP contribution in [0.2, 0.25) is 0 Å². The van der Waals surface area contributed by atoms with Crippen molar-refractivity contribution < 1.29 is 62.5 Å². The summed E-state index contributed by atoms with van der Waals surface area (Å²) in [7, 11) is 0. The van der Waals surface area contributed by atoms with Crippen LogP contribution in [0.4, 0.5) is 9.59 Å². The quantitative estimate of drug-likeness (QED) is 0.0298. The summed E-state index contributed by atoms with van der Waals surface area (Å²) in [4.78, 5) is 122. The average molecular weight is 1120 g/mol. The Balaban J connectivity index is 1.12. The van der Waals surface area contributed by atoms with Crippen molar-refractivity contribution in [3.8, 4) is 16.9 Å². The molecule has 4 aromatic carbocycles. The molecule has 0 unspecified atom stereocenters. The van der Waals surface area contributed by atoms with Crippen LogP contribution in [-0.4, -0.2) is 131 Å². The number of nitrogens with zero attached hydrogens (tertiary/aromatic N) is 1. The summed E-state index contributed by atoms with van der Waals surface area (Å²) in [6.45, 7) is 10.2. The van der Waals surface area contributed by atoms with E-state index in [1.54, 1.807) is 45.0 Å². The molecule has 4 aromatic rings. The lowest BCUT2D eigenvalue weighted by Gasteiger charge is -2.30. The fourth-order valence-electron chi connectivity index (χ4n) is 9.77. The molecule has 5 atom stereocenters. The number of carboxylic acid groups (broad SMARTS) is 1. The Labute approximate surface area is 472 Å². The molecule has 0 aromatic heterocycles. The van der Waals surface area contributed by atoms with E-state index in [0.717, 1.165) is 27.8 Å². The fourth-order valence-corrected chi connectivity index (χ4v) is 9.77. The van der Waals surface area contributed by atoms with Crippen LogP contribution in [0.3, 0.4) is 0 Å². The number of aryl methyl sites for hydroxylation is 1. The number of aliphatic carboxylic acids is 1. The maximum absolute atomic E-state index is 14.5. The second-order valence-corrected chi connectivity index (χ2v) is 22.2. The molecule has 0 saturated carbocycles. The van der Waals surface area contributed by atoms with Gasteiger partial charge in [-0.15, -0.1) is 0 Å². The molecule has 1 heterocycles. The molecule has 8 amide bonds. The van der Waals surface area contributed by atoms with Gasteiger partial charge in [-0.2, -0.15) is 0 Å². The van der Waals surface area contributed by atoms with Crippen molar-refractivity contribution in [2.75, 3.05) is 26.2 Å². The molecule has 1 aliphatic heterocycles. The van der Waals surface area contributed by atoms with E-state index in [1.807, 2.05) is 99.6 Å². The van der Waals surface area contributed by atoms with Crippen LogP contribution in [0, 0.1) is 0 Å². The van der Waals surface area contributed by atoms with Crippen LogP contribution in [0.5, 0.6) is 5.75 Å². The van der Waals surface area contributed by atoms with E-state index in [2.05, 4.69) is 31.9 Å². The third kappa shape index (κ3) is 19.1. The molecule has 0 radical (unpaired) electrons. The Bertz CT molecular complexity index is 2820. The van der Waals surface area contributed by atoms with Crippen LogP contribution in [0.1, 0.15) is 115 Å². The summed E-state index contributed by atoms with van der Waals surface area (Å²) >= 11 is 0. The molecule has 81 heavy (non-hydrogen) atoms. The topological polar surface area (TPSA) is 303 Å². The van der Waals surface area contributed by atoms with Crippen molar-refractivity contribution in [1.29, 1.82) is 0 Å². The first-order chi connectivity index (χ1) is 38.4. The first-order valence-electron chi connectivity index (χ1n) is 27.3. The number of likely N-dealkylation sites (tertiary alicyclic amines) is 1. The van der Waals surface area contributed by atoms with E-state index in [4.69, 9.17) is 19.9 Å². The molecular weight excluding hydrogens is 1040 g/mol. The summed E-state index contributed by atoms with van der Waals surface area (Å²) in [5, 5.41) is 25.7. The number of ether oxygens (including phenoxy) is 3. The molecular formula is C60H76N8O13. The summed E-state index contributed by atoms with van der Waals surface area (Å²) < 4.78 is 17.1. The van der Waals surface area contributed by atoms with Gasteiger partial charge in [0.15, 0.2) is 0 Å². The van der Waals surface area contributed by atoms with Crippen molar-refractivity contribution in [3.63, 3.8) is 0 Å². The number of esters is 1. The zero-order chi connectivity index (χ0) is 58.9. The van der Waals surface area contributed by atoms with Crippen LogP contribution in [0.15, 0.2) is 103 Å². The number of carbonyl (C=O) groups is 9. The average Bonchev–Trinajstić information content (AvgIpc) is 4.05.